The molecule has 3 nitrogen and oxygen atoms in total. The highest BCUT2D eigenvalue weighted by atomic mass is 16.2. The number of rotatable bonds is 8. The molecule has 1 amide bonds. The first-order chi connectivity index (χ1) is 7.99. The first-order valence-electron chi connectivity index (χ1n) is 7.05. The Morgan fingerprint density at radius 3 is 2.18 bits per heavy atom. The van der Waals surface area contributed by atoms with E-state index < -0.39 is 0 Å². The number of nitrogens with two attached hydrogens (primary N) is 1. The number of carbonyl (C=O) groups is 1. The molecule has 0 heterocycles. The van der Waals surface area contributed by atoms with Crippen molar-refractivity contribution in [3.05, 3.63) is 0 Å². The molecule has 0 aliphatic rings. The van der Waals surface area contributed by atoms with Gasteiger partial charge in [-0.05, 0) is 25.7 Å². The van der Waals surface area contributed by atoms with Crippen molar-refractivity contribution in [1.82, 2.24) is 4.90 Å². The van der Waals surface area contributed by atoms with Crippen LogP contribution in [-0.4, -0.2) is 29.4 Å². The highest BCUT2D eigenvalue weighted by Gasteiger charge is 2.26. The van der Waals surface area contributed by atoms with Crippen LogP contribution in [0.1, 0.15) is 60.3 Å². The molecule has 3 heteroatoms. The number of hydrogen-bond acceptors (Lipinski definition) is 2. The van der Waals surface area contributed by atoms with Crippen LogP contribution in [0.5, 0.6) is 0 Å². The smallest absolute Gasteiger partial charge is 0.239 e. The molecule has 0 aliphatic heterocycles. The zero-order valence-electron chi connectivity index (χ0n) is 12.2. The Morgan fingerprint density at radius 2 is 1.76 bits per heavy atom. The monoisotopic (exact) mass is 242 g/mol. The molecular formula is C14H30N2O. The van der Waals surface area contributed by atoms with Crippen LogP contribution in [0.15, 0.2) is 0 Å². The van der Waals surface area contributed by atoms with Crippen LogP contribution in [0.3, 0.4) is 0 Å². The molecule has 0 radical (unpaired) electrons. The molecule has 0 aromatic carbocycles. The van der Waals surface area contributed by atoms with Crippen molar-refractivity contribution in [2.75, 3.05) is 6.54 Å². The van der Waals surface area contributed by atoms with E-state index in [0.717, 1.165) is 32.2 Å². The summed E-state index contributed by atoms with van der Waals surface area (Å²) in [5.41, 5.74) is 6.05. The van der Waals surface area contributed by atoms with Crippen LogP contribution < -0.4 is 5.73 Å². The molecule has 0 spiro atoms. The van der Waals surface area contributed by atoms with Crippen molar-refractivity contribution >= 4 is 5.91 Å². The second-order valence-corrected chi connectivity index (χ2v) is 5.05. The van der Waals surface area contributed by atoms with Gasteiger partial charge in [0.15, 0.2) is 0 Å². The third-order valence-electron chi connectivity index (χ3n) is 3.70. The van der Waals surface area contributed by atoms with Crippen molar-refractivity contribution in [2.45, 2.75) is 72.4 Å². The van der Waals surface area contributed by atoms with Crippen LogP contribution in [0.25, 0.3) is 0 Å². The minimum absolute atomic E-state index is 0.127. The molecule has 2 N–H and O–H groups in total. The van der Waals surface area contributed by atoms with Gasteiger partial charge in [-0.15, -0.1) is 0 Å². The lowest BCUT2D eigenvalue weighted by Gasteiger charge is -2.32. The molecule has 17 heavy (non-hydrogen) atoms. The maximum Gasteiger partial charge on any atom is 0.239 e. The van der Waals surface area contributed by atoms with Gasteiger partial charge < -0.3 is 10.6 Å². The summed E-state index contributed by atoms with van der Waals surface area (Å²) < 4.78 is 0. The number of amides is 1. The fourth-order valence-corrected chi connectivity index (χ4v) is 1.79. The molecule has 3 atom stereocenters. The Hall–Kier alpha value is -0.570. The first-order valence-corrected chi connectivity index (χ1v) is 7.05. The van der Waals surface area contributed by atoms with Gasteiger partial charge in [-0.25, -0.2) is 0 Å². The molecule has 0 rings (SSSR count). The van der Waals surface area contributed by atoms with Crippen molar-refractivity contribution in [1.29, 1.82) is 0 Å². The Kier molecular flexibility index (Phi) is 8.23. The second-order valence-electron chi connectivity index (χ2n) is 5.05. The molecular weight excluding hydrogens is 212 g/mol. The van der Waals surface area contributed by atoms with Crippen molar-refractivity contribution in [2.24, 2.45) is 11.7 Å². The van der Waals surface area contributed by atoms with Crippen LogP contribution in [0.2, 0.25) is 0 Å². The lowest BCUT2D eigenvalue weighted by Crippen LogP contribution is -2.50. The zero-order valence-corrected chi connectivity index (χ0v) is 12.2. The quantitative estimate of drug-likeness (QED) is 0.711. The highest BCUT2D eigenvalue weighted by Crippen LogP contribution is 2.13. The van der Waals surface area contributed by atoms with E-state index >= 15 is 0 Å². The van der Waals surface area contributed by atoms with Gasteiger partial charge in [-0.3, -0.25) is 4.79 Å². The average molecular weight is 242 g/mol. The van der Waals surface area contributed by atoms with E-state index in [1.807, 2.05) is 4.90 Å². The van der Waals surface area contributed by atoms with Gasteiger partial charge in [0.25, 0.3) is 0 Å². The predicted octanol–water partition coefficient (Wildman–Crippen LogP) is 2.79. The molecule has 0 bridgehead atoms. The number of unbranched alkanes of at least 4 members (excludes halogenated alkanes) is 1. The highest BCUT2D eigenvalue weighted by molar-refractivity contribution is 5.82. The maximum absolute atomic E-state index is 12.4. The van der Waals surface area contributed by atoms with E-state index in [0.29, 0.717) is 6.04 Å². The SMILES string of the molecule is CCCCN(C(=O)[C@@H](N)C(C)CC)C(C)CC. The Labute approximate surface area is 107 Å². The van der Waals surface area contributed by atoms with Gasteiger partial charge in [-0.1, -0.05) is 40.5 Å². The Bertz CT molecular complexity index is 218. The van der Waals surface area contributed by atoms with Crippen LogP contribution in [0, 0.1) is 5.92 Å². The molecule has 0 aromatic heterocycles. The van der Waals surface area contributed by atoms with Gasteiger partial charge in [0.2, 0.25) is 5.91 Å². The zero-order chi connectivity index (χ0) is 13.4. The minimum Gasteiger partial charge on any atom is -0.339 e. The standard InChI is InChI=1S/C14H30N2O/c1-6-9-10-16(12(5)8-3)14(17)13(15)11(4)7-2/h11-13H,6-10,15H2,1-5H3/t11?,12?,13-/m0/s1. The number of nitrogens with zero attached hydrogens (tertiary/aromatic N) is 1. The summed E-state index contributed by atoms with van der Waals surface area (Å²) >= 11 is 0. The van der Waals surface area contributed by atoms with E-state index in [4.69, 9.17) is 5.73 Å². The second kappa shape index (κ2) is 8.51. The van der Waals surface area contributed by atoms with Crippen LogP contribution in [0.4, 0.5) is 0 Å². The molecule has 0 aliphatic carbocycles. The fraction of sp³-hybridized carbons (Fsp3) is 0.929. The van der Waals surface area contributed by atoms with E-state index in [1.165, 1.54) is 0 Å². The van der Waals surface area contributed by atoms with Gasteiger partial charge >= 0.3 is 0 Å². The lowest BCUT2D eigenvalue weighted by atomic mass is 9.98. The molecule has 2 unspecified atom stereocenters. The van der Waals surface area contributed by atoms with Gasteiger partial charge in [0, 0.05) is 12.6 Å². The van der Waals surface area contributed by atoms with Gasteiger partial charge in [-0.2, -0.15) is 0 Å². The third-order valence-corrected chi connectivity index (χ3v) is 3.70. The van der Waals surface area contributed by atoms with Crippen molar-refractivity contribution in [3.8, 4) is 0 Å². The number of carbonyl (C=O) groups excluding carboxylic acids is 1. The summed E-state index contributed by atoms with van der Waals surface area (Å²) in [5, 5.41) is 0. The normalized spacial score (nSPS) is 16.4. The summed E-state index contributed by atoms with van der Waals surface area (Å²) in [5.74, 6) is 0.387. The van der Waals surface area contributed by atoms with E-state index in [1.54, 1.807) is 0 Å². The summed E-state index contributed by atoms with van der Waals surface area (Å²) in [7, 11) is 0. The van der Waals surface area contributed by atoms with Gasteiger partial charge in [0.1, 0.15) is 0 Å². The largest absolute Gasteiger partial charge is 0.339 e. The van der Waals surface area contributed by atoms with E-state index in [-0.39, 0.29) is 17.9 Å². The Morgan fingerprint density at radius 1 is 1.18 bits per heavy atom. The fourth-order valence-electron chi connectivity index (χ4n) is 1.79. The molecule has 0 saturated carbocycles. The molecule has 0 fully saturated rings. The van der Waals surface area contributed by atoms with Crippen molar-refractivity contribution in [3.63, 3.8) is 0 Å². The van der Waals surface area contributed by atoms with Crippen molar-refractivity contribution < 1.29 is 4.79 Å². The minimum atomic E-state index is -0.342. The van der Waals surface area contributed by atoms with Crippen LogP contribution >= 0.6 is 0 Å². The summed E-state index contributed by atoms with van der Waals surface area (Å²) in [4.78, 5) is 14.3. The average Bonchev–Trinajstić information content (AvgIpc) is 2.36. The first kappa shape index (κ1) is 16.4. The summed E-state index contributed by atoms with van der Waals surface area (Å²) in [6, 6.07) is -0.0463. The summed E-state index contributed by atoms with van der Waals surface area (Å²) in [6.07, 6.45) is 4.11. The molecule has 0 saturated heterocycles. The Balaban J connectivity index is 4.61. The van der Waals surface area contributed by atoms with Crippen LogP contribution in [-0.2, 0) is 4.79 Å². The molecule has 102 valence electrons. The molecule has 0 aromatic rings. The number of hydrogen-bond donors (Lipinski definition) is 1. The topological polar surface area (TPSA) is 46.3 Å². The van der Waals surface area contributed by atoms with Gasteiger partial charge in [0.05, 0.1) is 6.04 Å². The summed E-state index contributed by atoms with van der Waals surface area (Å²) in [6.45, 7) is 11.3. The van der Waals surface area contributed by atoms with E-state index in [2.05, 4.69) is 34.6 Å². The predicted molar refractivity (Wildman–Crippen MR) is 73.8 cm³/mol. The maximum atomic E-state index is 12.4. The lowest BCUT2D eigenvalue weighted by molar-refractivity contribution is -0.136. The third kappa shape index (κ3) is 5.07. The van der Waals surface area contributed by atoms with E-state index in [9.17, 15) is 4.79 Å².